The predicted molar refractivity (Wildman–Crippen MR) is 63.5 cm³/mol. The largest absolute Gasteiger partial charge is 0.459 e. The van der Waals surface area contributed by atoms with Gasteiger partial charge in [0, 0.05) is 12.7 Å². The second-order valence-corrected chi connectivity index (χ2v) is 3.81. The molecule has 0 atom stereocenters. The number of hydrogen-bond acceptors (Lipinski definition) is 5. The fraction of sp³-hybridized carbons (Fsp3) is 0.500. The van der Waals surface area contributed by atoms with Gasteiger partial charge in [-0.05, 0) is 25.5 Å². The van der Waals surface area contributed by atoms with Crippen molar-refractivity contribution in [2.45, 2.75) is 26.5 Å². The van der Waals surface area contributed by atoms with Gasteiger partial charge in [-0.25, -0.2) is 9.78 Å². The van der Waals surface area contributed by atoms with Crippen molar-refractivity contribution in [2.24, 2.45) is 5.73 Å². The zero-order valence-corrected chi connectivity index (χ0v) is 10.2. The average Bonchev–Trinajstić information content (AvgIpc) is 2.34. The van der Waals surface area contributed by atoms with E-state index in [0.717, 1.165) is 5.56 Å². The van der Waals surface area contributed by atoms with Crippen molar-refractivity contribution in [2.75, 3.05) is 13.2 Å². The zero-order chi connectivity index (χ0) is 12.7. The highest BCUT2D eigenvalue weighted by atomic mass is 16.6. The van der Waals surface area contributed by atoms with E-state index in [1.807, 2.05) is 13.8 Å². The van der Waals surface area contributed by atoms with E-state index >= 15 is 0 Å². The molecule has 1 heterocycles. The first-order valence-electron chi connectivity index (χ1n) is 5.57. The number of pyridine rings is 1. The highest BCUT2D eigenvalue weighted by molar-refractivity contribution is 5.87. The van der Waals surface area contributed by atoms with Crippen LogP contribution < -0.4 is 5.73 Å². The number of aromatic nitrogens is 1. The number of carbonyl (C=O) groups excluding carboxylic acids is 1. The van der Waals surface area contributed by atoms with Crippen LogP contribution in [0.15, 0.2) is 18.3 Å². The van der Waals surface area contributed by atoms with Crippen molar-refractivity contribution >= 4 is 5.97 Å². The van der Waals surface area contributed by atoms with Gasteiger partial charge in [-0.15, -0.1) is 0 Å². The number of ether oxygens (including phenoxy) is 2. The molecule has 0 amide bonds. The summed E-state index contributed by atoms with van der Waals surface area (Å²) in [5.41, 5.74) is 6.59. The van der Waals surface area contributed by atoms with Crippen molar-refractivity contribution in [1.29, 1.82) is 0 Å². The van der Waals surface area contributed by atoms with Gasteiger partial charge >= 0.3 is 5.97 Å². The van der Waals surface area contributed by atoms with E-state index in [9.17, 15) is 4.79 Å². The van der Waals surface area contributed by atoms with Gasteiger partial charge in [0.1, 0.15) is 12.3 Å². The molecule has 0 fully saturated rings. The Morgan fingerprint density at radius 1 is 1.41 bits per heavy atom. The lowest BCUT2D eigenvalue weighted by Crippen LogP contribution is -2.14. The minimum absolute atomic E-state index is 0.135. The third kappa shape index (κ3) is 4.93. The lowest BCUT2D eigenvalue weighted by Gasteiger charge is -2.08. The summed E-state index contributed by atoms with van der Waals surface area (Å²) in [6.45, 7) is 4.88. The SMILES string of the molecule is CC(C)OCCOC(=O)c1ccc(CN)cn1. The lowest BCUT2D eigenvalue weighted by atomic mass is 10.2. The Kier molecular flexibility index (Phi) is 5.59. The van der Waals surface area contributed by atoms with Crippen LogP contribution in [0.4, 0.5) is 0 Å². The first-order chi connectivity index (χ1) is 8.13. The van der Waals surface area contributed by atoms with Crippen molar-refractivity contribution in [3.8, 4) is 0 Å². The maximum absolute atomic E-state index is 11.5. The summed E-state index contributed by atoms with van der Waals surface area (Å²) in [5, 5.41) is 0. The van der Waals surface area contributed by atoms with Gasteiger partial charge < -0.3 is 15.2 Å². The number of esters is 1. The van der Waals surface area contributed by atoms with Crippen molar-refractivity contribution in [1.82, 2.24) is 4.98 Å². The van der Waals surface area contributed by atoms with Crippen LogP contribution in [0.1, 0.15) is 29.9 Å². The standard InChI is InChI=1S/C12H18N2O3/c1-9(2)16-5-6-17-12(15)11-4-3-10(7-13)8-14-11/h3-4,8-9H,5-7,13H2,1-2H3. The zero-order valence-electron chi connectivity index (χ0n) is 10.2. The Bertz CT molecular complexity index is 349. The number of rotatable bonds is 6. The highest BCUT2D eigenvalue weighted by Crippen LogP contribution is 2.01. The van der Waals surface area contributed by atoms with Crippen molar-refractivity contribution in [3.05, 3.63) is 29.6 Å². The maximum Gasteiger partial charge on any atom is 0.356 e. The van der Waals surface area contributed by atoms with Crippen LogP contribution in [0.3, 0.4) is 0 Å². The van der Waals surface area contributed by atoms with Crippen LogP contribution in [-0.4, -0.2) is 30.3 Å². The number of carbonyl (C=O) groups is 1. The predicted octanol–water partition coefficient (Wildman–Crippen LogP) is 1.12. The summed E-state index contributed by atoms with van der Waals surface area (Å²) in [6, 6.07) is 3.36. The van der Waals surface area contributed by atoms with E-state index in [-0.39, 0.29) is 18.4 Å². The molecule has 0 unspecified atom stereocenters. The third-order valence-corrected chi connectivity index (χ3v) is 2.04. The summed E-state index contributed by atoms with van der Waals surface area (Å²) in [6.07, 6.45) is 1.71. The van der Waals surface area contributed by atoms with E-state index < -0.39 is 5.97 Å². The second-order valence-electron chi connectivity index (χ2n) is 3.81. The van der Waals surface area contributed by atoms with Crippen LogP contribution in [-0.2, 0) is 16.0 Å². The lowest BCUT2D eigenvalue weighted by molar-refractivity contribution is 0.0172. The molecule has 0 aliphatic carbocycles. The molecule has 0 saturated carbocycles. The average molecular weight is 238 g/mol. The molecule has 5 heteroatoms. The maximum atomic E-state index is 11.5. The Balaban J connectivity index is 2.36. The molecule has 0 radical (unpaired) electrons. The van der Waals surface area contributed by atoms with E-state index in [2.05, 4.69) is 4.98 Å². The van der Waals surface area contributed by atoms with Gasteiger partial charge in [0.25, 0.3) is 0 Å². The summed E-state index contributed by atoms with van der Waals surface area (Å²) in [7, 11) is 0. The number of nitrogens with zero attached hydrogens (tertiary/aromatic N) is 1. The van der Waals surface area contributed by atoms with Crippen LogP contribution in [0.25, 0.3) is 0 Å². The molecule has 0 bridgehead atoms. The summed E-state index contributed by atoms with van der Waals surface area (Å²) >= 11 is 0. The van der Waals surface area contributed by atoms with E-state index in [0.29, 0.717) is 13.2 Å². The molecule has 2 N–H and O–H groups in total. The highest BCUT2D eigenvalue weighted by Gasteiger charge is 2.08. The fourth-order valence-corrected chi connectivity index (χ4v) is 1.16. The van der Waals surface area contributed by atoms with Crippen LogP contribution >= 0.6 is 0 Å². The Hall–Kier alpha value is -1.46. The minimum atomic E-state index is -0.444. The van der Waals surface area contributed by atoms with Gasteiger partial charge in [0.05, 0.1) is 12.7 Å². The van der Waals surface area contributed by atoms with Crippen LogP contribution in [0.5, 0.6) is 0 Å². The van der Waals surface area contributed by atoms with E-state index in [1.54, 1.807) is 18.3 Å². The molecule has 94 valence electrons. The van der Waals surface area contributed by atoms with E-state index in [4.69, 9.17) is 15.2 Å². The monoisotopic (exact) mass is 238 g/mol. The molecule has 17 heavy (non-hydrogen) atoms. The molecule has 1 aromatic rings. The fourth-order valence-electron chi connectivity index (χ4n) is 1.16. The van der Waals surface area contributed by atoms with Crippen molar-refractivity contribution in [3.63, 3.8) is 0 Å². The summed E-state index contributed by atoms with van der Waals surface area (Å²) < 4.78 is 10.2. The molecule has 0 saturated heterocycles. The first-order valence-corrected chi connectivity index (χ1v) is 5.57. The molecule has 1 aromatic heterocycles. The first kappa shape index (κ1) is 13.6. The summed E-state index contributed by atoms with van der Waals surface area (Å²) in [4.78, 5) is 15.5. The molecule has 0 aromatic carbocycles. The normalized spacial score (nSPS) is 10.6. The Morgan fingerprint density at radius 3 is 2.71 bits per heavy atom. The topological polar surface area (TPSA) is 74.4 Å². The minimum Gasteiger partial charge on any atom is -0.459 e. The van der Waals surface area contributed by atoms with Gasteiger partial charge in [-0.1, -0.05) is 6.07 Å². The van der Waals surface area contributed by atoms with Crippen molar-refractivity contribution < 1.29 is 14.3 Å². The van der Waals surface area contributed by atoms with E-state index in [1.165, 1.54) is 0 Å². The number of nitrogens with two attached hydrogens (primary N) is 1. The third-order valence-electron chi connectivity index (χ3n) is 2.04. The number of hydrogen-bond donors (Lipinski definition) is 1. The second kappa shape index (κ2) is 6.98. The molecule has 5 nitrogen and oxygen atoms in total. The quantitative estimate of drug-likeness (QED) is 0.594. The smallest absolute Gasteiger partial charge is 0.356 e. The van der Waals surface area contributed by atoms with Gasteiger partial charge in [0.15, 0.2) is 0 Å². The summed E-state index contributed by atoms with van der Waals surface area (Å²) in [5.74, 6) is -0.444. The van der Waals surface area contributed by atoms with Gasteiger partial charge in [0.2, 0.25) is 0 Å². The molecule has 0 aliphatic rings. The molecular weight excluding hydrogens is 220 g/mol. The molecule has 0 spiro atoms. The van der Waals surface area contributed by atoms with Crippen LogP contribution in [0, 0.1) is 0 Å². The Labute approximate surface area is 101 Å². The molecular formula is C12H18N2O3. The van der Waals surface area contributed by atoms with Gasteiger partial charge in [-0.3, -0.25) is 0 Å². The molecule has 0 aliphatic heterocycles. The van der Waals surface area contributed by atoms with Gasteiger partial charge in [-0.2, -0.15) is 0 Å². The van der Waals surface area contributed by atoms with Crippen LogP contribution in [0.2, 0.25) is 0 Å². The Morgan fingerprint density at radius 2 is 2.18 bits per heavy atom. The molecule has 1 rings (SSSR count).